The Labute approximate surface area is 126 Å². The van der Waals surface area contributed by atoms with Gasteiger partial charge in [-0.25, -0.2) is 0 Å². The van der Waals surface area contributed by atoms with Crippen molar-refractivity contribution in [2.75, 3.05) is 0 Å². The molecule has 0 heterocycles. The number of hydrogen-bond donors (Lipinski definition) is 1. The summed E-state index contributed by atoms with van der Waals surface area (Å²) in [5.74, 6) is 0.530. The number of nitrogens with zero attached hydrogens (tertiary/aromatic N) is 1. The molecular formula is C17H22ClNO. The highest BCUT2D eigenvalue weighted by Crippen LogP contribution is 2.51. The number of benzene rings is 1. The van der Waals surface area contributed by atoms with Gasteiger partial charge in [0.15, 0.2) is 0 Å². The van der Waals surface area contributed by atoms with E-state index < -0.39 is 11.0 Å². The lowest BCUT2D eigenvalue weighted by Gasteiger charge is -2.45. The van der Waals surface area contributed by atoms with Gasteiger partial charge in [0.25, 0.3) is 0 Å². The zero-order valence-corrected chi connectivity index (χ0v) is 13.0. The smallest absolute Gasteiger partial charge is 0.105 e. The van der Waals surface area contributed by atoms with Crippen molar-refractivity contribution in [2.24, 2.45) is 11.3 Å². The number of aliphatic hydroxyl groups is 1. The average molecular weight is 292 g/mol. The van der Waals surface area contributed by atoms with Crippen LogP contribution in [0.4, 0.5) is 0 Å². The van der Waals surface area contributed by atoms with E-state index in [0.717, 1.165) is 37.7 Å². The van der Waals surface area contributed by atoms with Crippen molar-refractivity contribution in [3.8, 4) is 6.07 Å². The summed E-state index contributed by atoms with van der Waals surface area (Å²) in [5.41, 5.74) is -1.06. The fourth-order valence-corrected chi connectivity index (χ4v) is 3.57. The molecule has 0 aliphatic heterocycles. The van der Waals surface area contributed by atoms with Crippen LogP contribution >= 0.6 is 11.6 Å². The molecule has 0 spiro atoms. The van der Waals surface area contributed by atoms with E-state index in [1.165, 1.54) is 0 Å². The molecule has 2 rings (SSSR count). The Morgan fingerprint density at radius 3 is 2.65 bits per heavy atom. The van der Waals surface area contributed by atoms with Crippen LogP contribution < -0.4 is 0 Å². The first-order valence-electron chi connectivity index (χ1n) is 7.35. The van der Waals surface area contributed by atoms with Gasteiger partial charge in [-0.1, -0.05) is 49.9 Å². The van der Waals surface area contributed by atoms with Crippen molar-refractivity contribution >= 4 is 11.6 Å². The molecule has 0 amide bonds. The van der Waals surface area contributed by atoms with Gasteiger partial charge in [-0.2, -0.15) is 5.26 Å². The molecule has 0 bridgehead atoms. The van der Waals surface area contributed by atoms with E-state index in [-0.39, 0.29) is 0 Å². The summed E-state index contributed by atoms with van der Waals surface area (Å²) in [4.78, 5) is 0. The summed E-state index contributed by atoms with van der Waals surface area (Å²) in [6.45, 7) is 3.94. The molecule has 1 fully saturated rings. The first-order chi connectivity index (χ1) is 9.45. The van der Waals surface area contributed by atoms with E-state index in [1.807, 2.05) is 12.1 Å². The minimum absolute atomic E-state index is 0.530. The minimum atomic E-state index is -1.14. The summed E-state index contributed by atoms with van der Waals surface area (Å²) >= 11 is 5.92. The van der Waals surface area contributed by atoms with Crippen LogP contribution in [0.2, 0.25) is 5.02 Å². The van der Waals surface area contributed by atoms with Crippen molar-refractivity contribution in [1.82, 2.24) is 0 Å². The number of halogens is 1. The fourth-order valence-electron chi connectivity index (χ4n) is 3.44. The summed E-state index contributed by atoms with van der Waals surface area (Å²) in [6.07, 6.45) is 4.78. The maximum absolute atomic E-state index is 11.1. The molecule has 1 aromatic rings. The third kappa shape index (κ3) is 2.57. The van der Waals surface area contributed by atoms with Crippen LogP contribution in [0.5, 0.6) is 0 Å². The van der Waals surface area contributed by atoms with E-state index in [1.54, 1.807) is 19.1 Å². The van der Waals surface area contributed by atoms with E-state index in [4.69, 9.17) is 11.6 Å². The number of hydrogen-bond acceptors (Lipinski definition) is 2. The largest absolute Gasteiger partial charge is 0.384 e. The topological polar surface area (TPSA) is 44.0 Å². The molecule has 2 nitrogen and oxygen atoms in total. The van der Waals surface area contributed by atoms with Crippen LogP contribution in [-0.2, 0) is 5.60 Å². The van der Waals surface area contributed by atoms with Gasteiger partial charge >= 0.3 is 0 Å². The van der Waals surface area contributed by atoms with E-state index in [9.17, 15) is 10.4 Å². The van der Waals surface area contributed by atoms with Crippen molar-refractivity contribution in [2.45, 2.75) is 51.6 Å². The fraction of sp³-hybridized carbons (Fsp3) is 0.588. The highest BCUT2D eigenvalue weighted by atomic mass is 35.5. The molecule has 1 N–H and O–H groups in total. The second-order valence-electron chi connectivity index (χ2n) is 6.14. The Hall–Kier alpha value is -1.04. The lowest BCUT2D eigenvalue weighted by atomic mass is 9.59. The lowest BCUT2D eigenvalue weighted by Crippen LogP contribution is -2.45. The van der Waals surface area contributed by atoms with E-state index in [2.05, 4.69) is 13.0 Å². The predicted molar refractivity (Wildman–Crippen MR) is 81.3 cm³/mol. The van der Waals surface area contributed by atoms with Gasteiger partial charge in [0.05, 0.1) is 11.5 Å². The molecule has 0 radical (unpaired) electrons. The number of rotatable bonds is 3. The standard InChI is InChI=1S/C17H22ClNO/c1-3-13-5-4-10-17(11-13,12-19)16(2,20)14-6-8-15(18)9-7-14/h6-9,13,20H,3-5,10-11H2,1-2H3. The van der Waals surface area contributed by atoms with Gasteiger partial charge in [0.2, 0.25) is 0 Å². The summed E-state index contributed by atoms with van der Waals surface area (Å²) in [7, 11) is 0. The normalized spacial score (nSPS) is 29.4. The molecule has 0 aromatic heterocycles. The summed E-state index contributed by atoms with van der Waals surface area (Å²) < 4.78 is 0. The van der Waals surface area contributed by atoms with Crippen molar-refractivity contribution < 1.29 is 5.11 Å². The van der Waals surface area contributed by atoms with Gasteiger partial charge < -0.3 is 5.11 Å². The Kier molecular flexibility index (Phi) is 4.42. The SMILES string of the molecule is CCC1CCCC(C#N)(C(C)(O)c2ccc(Cl)cc2)C1. The Morgan fingerprint density at radius 2 is 2.10 bits per heavy atom. The maximum atomic E-state index is 11.1. The zero-order valence-electron chi connectivity index (χ0n) is 12.2. The third-order valence-electron chi connectivity index (χ3n) is 4.98. The highest BCUT2D eigenvalue weighted by molar-refractivity contribution is 6.30. The molecule has 1 aliphatic rings. The van der Waals surface area contributed by atoms with Crippen LogP contribution in [-0.4, -0.2) is 5.11 Å². The summed E-state index contributed by atoms with van der Waals surface area (Å²) in [6, 6.07) is 9.66. The van der Waals surface area contributed by atoms with Crippen LogP contribution in [0.25, 0.3) is 0 Å². The first kappa shape index (κ1) is 15.4. The van der Waals surface area contributed by atoms with Gasteiger partial charge in [0.1, 0.15) is 5.60 Å². The number of nitriles is 1. The second kappa shape index (κ2) is 5.76. The molecule has 1 aromatic carbocycles. The monoisotopic (exact) mass is 291 g/mol. The molecule has 20 heavy (non-hydrogen) atoms. The van der Waals surface area contributed by atoms with Crippen molar-refractivity contribution in [1.29, 1.82) is 5.26 Å². The van der Waals surface area contributed by atoms with Crippen molar-refractivity contribution in [3.05, 3.63) is 34.9 Å². The van der Waals surface area contributed by atoms with Crippen molar-refractivity contribution in [3.63, 3.8) is 0 Å². The lowest BCUT2D eigenvalue weighted by molar-refractivity contribution is -0.0738. The molecule has 1 saturated carbocycles. The molecule has 0 saturated heterocycles. The van der Waals surface area contributed by atoms with Crippen LogP contribution in [0.1, 0.15) is 51.5 Å². The third-order valence-corrected chi connectivity index (χ3v) is 5.23. The molecule has 3 unspecified atom stereocenters. The molecular weight excluding hydrogens is 270 g/mol. The predicted octanol–water partition coefficient (Wildman–Crippen LogP) is 4.66. The molecule has 1 aliphatic carbocycles. The Bertz CT molecular complexity index is 503. The zero-order chi connectivity index (χ0) is 14.8. The quantitative estimate of drug-likeness (QED) is 0.880. The van der Waals surface area contributed by atoms with Crippen LogP contribution in [0, 0.1) is 22.7 Å². The Balaban J connectivity index is 2.38. The Morgan fingerprint density at radius 1 is 1.45 bits per heavy atom. The van der Waals surface area contributed by atoms with Gasteiger partial charge in [-0.05, 0) is 43.4 Å². The maximum Gasteiger partial charge on any atom is 0.105 e. The minimum Gasteiger partial charge on any atom is -0.384 e. The molecule has 3 atom stereocenters. The van der Waals surface area contributed by atoms with Crippen LogP contribution in [0.15, 0.2) is 24.3 Å². The molecule has 108 valence electrons. The van der Waals surface area contributed by atoms with Gasteiger partial charge in [-0.15, -0.1) is 0 Å². The average Bonchev–Trinajstić information content (AvgIpc) is 2.47. The highest BCUT2D eigenvalue weighted by Gasteiger charge is 2.50. The molecule has 3 heteroatoms. The van der Waals surface area contributed by atoms with E-state index in [0.29, 0.717) is 10.9 Å². The second-order valence-corrected chi connectivity index (χ2v) is 6.58. The van der Waals surface area contributed by atoms with Gasteiger partial charge in [0, 0.05) is 5.02 Å². The first-order valence-corrected chi connectivity index (χ1v) is 7.72. The van der Waals surface area contributed by atoms with Crippen LogP contribution in [0.3, 0.4) is 0 Å². The van der Waals surface area contributed by atoms with Gasteiger partial charge in [-0.3, -0.25) is 0 Å². The summed E-state index contributed by atoms with van der Waals surface area (Å²) in [5, 5.41) is 21.5. The van der Waals surface area contributed by atoms with E-state index >= 15 is 0 Å².